The Hall–Kier alpha value is -5.30. The van der Waals surface area contributed by atoms with Gasteiger partial charge in [-0.2, -0.15) is 32.1 Å². The molecule has 3 atom stereocenters. The number of guanidine groups is 1. The minimum absolute atomic E-state index is 0.0739. The van der Waals surface area contributed by atoms with Gasteiger partial charge in [0.2, 0.25) is 0 Å². The molecule has 54 heavy (non-hydrogen) atoms. The number of aliphatic imine (C=N–C) groups is 1. The second-order valence-corrected chi connectivity index (χ2v) is 14.5. The second-order valence-electron chi connectivity index (χ2n) is 14.5. The first-order valence-corrected chi connectivity index (χ1v) is 16.6. The molecule has 0 saturated heterocycles. The van der Waals surface area contributed by atoms with Crippen molar-refractivity contribution in [1.29, 1.82) is 0 Å². The van der Waals surface area contributed by atoms with Crippen molar-refractivity contribution in [2.24, 2.45) is 22.1 Å². The van der Waals surface area contributed by atoms with E-state index in [0.29, 0.717) is 20.5 Å². The van der Waals surface area contributed by atoms with E-state index >= 15 is 4.39 Å². The van der Waals surface area contributed by atoms with Crippen LogP contribution >= 0.6 is 0 Å². The number of rotatable bonds is 11. The van der Waals surface area contributed by atoms with E-state index in [1.807, 2.05) is 26.1 Å². The Morgan fingerprint density at radius 3 is 2.41 bits per heavy atom. The highest BCUT2D eigenvalue weighted by atomic mass is 19.4. The Morgan fingerprint density at radius 2 is 1.85 bits per heavy atom. The van der Waals surface area contributed by atoms with Crippen molar-refractivity contribution >= 4 is 23.5 Å². The fraction of sp³-hybridized carbons (Fsp3) is 0.471. The average molecular weight is 770 g/mol. The molecule has 1 fully saturated rings. The molecule has 1 unspecified atom stereocenters. The lowest BCUT2D eigenvalue weighted by molar-refractivity contribution is -0.164. The quantitative estimate of drug-likeness (QED) is 0.204. The molecule has 3 aliphatic rings. The molecule has 20 heteroatoms. The Balaban J connectivity index is 1.34. The lowest BCUT2D eigenvalue weighted by Crippen LogP contribution is -2.52. The van der Waals surface area contributed by atoms with Crippen LogP contribution in [0.2, 0.25) is 0 Å². The Bertz CT molecular complexity index is 2010. The van der Waals surface area contributed by atoms with E-state index in [9.17, 15) is 40.3 Å². The van der Waals surface area contributed by atoms with Crippen LogP contribution in [0.25, 0.3) is 11.3 Å². The van der Waals surface area contributed by atoms with Crippen molar-refractivity contribution in [3.05, 3.63) is 77.9 Å². The maximum absolute atomic E-state index is 15.7. The van der Waals surface area contributed by atoms with Crippen molar-refractivity contribution in [2.75, 3.05) is 6.61 Å². The normalized spacial score (nSPS) is 21.8. The zero-order chi connectivity index (χ0) is 39.4. The Labute approximate surface area is 302 Å². The van der Waals surface area contributed by atoms with Gasteiger partial charge < -0.3 is 15.8 Å². The summed E-state index contributed by atoms with van der Waals surface area (Å²) < 4.78 is 116. The predicted octanol–water partition coefficient (Wildman–Crippen LogP) is 6.79. The number of hydrogen-bond donors (Lipinski definition) is 2. The molecule has 290 valence electrons. The summed E-state index contributed by atoms with van der Waals surface area (Å²) in [5.41, 5.74) is 2.27. The minimum Gasteiger partial charge on any atom is -0.447 e. The van der Waals surface area contributed by atoms with E-state index in [-0.39, 0.29) is 37.2 Å². The number of nitrogens with zero attached hydrogens (tertiary/aromatic N) is 7. The molecule has 2 aromatic heterocycles. The number of alkyl carbamates (subject to hydrolysis) is 1. The number of nitrogens with one attached hydrogen (secondary N) is 1. The molecule has 12 nitrogen and oxygen atoms in total. The number of halogens is 8. The third-order valence-electron chi connectivity index (χ3n) is 9.47. The summed E-state index contributed by atoms with van der Waals surface area (Å²) in [4.78, 5) is 36.7. The van der Waals surface area contributed by atoms with Gasteiger partial charge in [0.15, 0.2) is 17.3 Å². The Kier molecular flexibility index (Phi) is 9.85. The number of carbonyl (C=O) groups is 2. The highest BCUT2D eigenvalue weighted by molar-refractivity contribution is 6.07. The van der Waals surface area contributed by atoms with E-state index in [1.165, 1.54) is 18.5 Å². The van der Waals surface area contributed by atoms with Gasteiger partial charge in [-0.05, 0) is 54.4 Å². The molecule has 3 heterocycles. The lowest BCUT2D eigenvalue weighted by atomic mass is 9.70. The van der Waals surface area contributed by atoms with Gasteiger partial charge in [0.25, 0.3) is 12.3 Å². The number of allylic oxidation sites excluding steroid dienone is 3. The van der Waals surface area contributed by atoms with E-state index < -0.39 is 83.5 Å². The van der Waals surface area contributed by atoms with Crippen LogP contribution in [-0.4, -0.2) is 71.3 Å². The fourth-order valence-electron chi connectivity index (χ4n) is 6.80. The van der Waals surface area contributed by atoms with E-state index in [1.54, 1.807) is 18.2 Å². The number of ether oxygens (including phenoxy) is 1. The molecule has 1 aliphatic heterocycles. The number of aromatic nitrogens is 5. The summed E-state index contributed by atoms with van der Waals surface area (Å²) in [7, 11) is 0. The minimum atomic E-state index is -4.76. The van der Waals surface area contributed by atoms with Crippen LogP contribution in [0.4, 0.5) is 39.9 Å². The zero-order valence-corrected chi connectivity index (χ0v) is 29.0. The highest BCUT2D eigenvalue weighted by Gasteiger charge is 2.65. The maximum Gasteiger partial charge on any atom is 0.411 e. The largest absolute Gasteiger partial charge is 0.447 e. The monoisotopic (exact) mass is 769 g/mol. The fourth-order valence-corrected chi connectivity index (χ4v) is 6.80. The molecule has 3 N–H and O–H groups in total. The van der Waals surface area contributed by atoms with Crippen LogP contribution in [0.1, 0.15) is 82.4 Å². The third-order valence-corrected chi connectivity index (χ3v) is 9.47. The van der Waals surface area contributed by atoms with Crippen LogP contribution in [0, 0.1) is 17.2 Å². The molecular formula is C34H35F8N9O3. The van der Waals surface area contributed by atoms with Gasteiger partial charge in [-0.15, -0.1) is 0 Å². The van der Waals surface area contributed by atoms with E-state index in [2.05, 4.69) is 20.2 Å². The van der Waals surface area contributed by atoms with Gasteiger partial charge >= 0.3 is 18.8 Å². The van der Waals surface area contributed by atoms with Gasteiger partial charge in [0, 0.05) is 17.7 Å². The molecule has 2 amide bonds. The molecule has 0 radical (unpaired) electrons. The van der Waals surface area contributed by atoms with Crippen molar-refractivity contribution in [1.82, 2.24) is 34.8 Å². The van der Waals surface area contributed by atoms with Crippen LogP contribution < -0.4 is 11.1 Å². The van der Waals surface area contributed by atoms with E-state index in [0.717, 1.165) is 23.4 Å². The number of carbonyl (C=O) groups excluding carboxylic acids is 2. The molecule has 1 saturated carbocycles. The summed E-state index contributed by atoms with van der Waals surface area (Å²) in [6.07, 6.45) is -1.46. The van der Waals surface area contributed by atoms with Gasteiger partial charge in [-0.1, -0.05) is 45.1 Å². The molecule has 3 aromatic rings. The summed E-state index contributed by atoms with van der Waals surface area (Å²) in [5.74, 6) is -3.68. The standard InChI is InChI=1S/C34H35F8N9O3/c1-31(2,3)16-33(21-7-4-18(5-8-21)20-13-45-49(14-20)28(38)39)27(52)50(29(43)47-33)24(15-54-30(53)48-32(10-11-32)34(40,41)42)19-6-9-23(22(35)12-19)51-26(25(36)37)44-17-46-51/h4-7,9,12-14,17,21,24-25,28H,8,10-11,15-16H2,1-3H3,(H2,43,47)(H,48,53)/t21?,24-,33-/m1/s1. The first-order valence-electron chi connectivity index (χ1n) is 16.6. The van der Waals surface area contributed by atoms with Gasteiger partial charge in [0.1, 0.15) is 30.0 Å². The SMILES string of the molecule is CC(C)(C)C[C@]1(C2C=CC(c3cnn(C(F)F)c3)=CC2)N=C(N)N([C@H](COC(=O)NC2(C(F)(F)F)CC2)c2ccc(-n3ncnc3C(F)F)c(F)c2)C1=O. The number of benzene rings is 1. The van der Waals surface area contributed by atoms with Crippen LogP contribution in [0.15, 0.2) is 60.1 Å². The highest BCUT2D eigenvalue weighted by Crippen LogP contribution is 2.49. The summed E-state index contributed by atoms with van der Waals surface area (Å²) in [5, 5.41) is 9.16. The van der Waals surface area contributed by atoms with Crippen LogP contribution in [-0.2, 0) is 9.53 Å². The van der Waals surface area contributed by atoms with Crippen LogP contribution in [0.3, 0.4) is 0 Å². The van der Waals surface area contributed by atoms with Crippen molar-refractivity contribution < 1.29 is 49.4 Å². The summed E-state index contributed by atoms with van der Waals surface area (Å²) >= 11 is 0. The van der Waals surface area contributed by atoms with Gasteiger partial charge in [0.05, 0.1) is 12.2 Å². The number of amides is 2. The van der Waals surface area contributed by atoms with Crippen molar-refractivity contribution in [3.63, 3.8) is 0 Å². The molecule has 1 aromatic carbocycles. The summed E-state index contributed by atoms with van der Waals surface area (Å²) in [6, 6.07) is 1.71. The topological polar surface area (TPSA) is 146 Å². The first-order chi connectivity index (χ1) is 25.2. The Morgan fingerprint density at radius 1 is 1.13 bits per heavy atom. The van der Waals surface area contributed by atoms with Gasteiger partial charge in [-0.25, -0.2) is 37.3 Å². The first kappa shape index (κ1) is 38.4. The third kappa shape index (κ3) is 7.29. The van der Waals surface area contributed by atoms with Crippen molar-refractivity contribution in [3.8, 4) is 5.69 Å². The predicted molar refractivity (Wildman–Crippen MR) is 175 cm³/mol. The summed E-state index contributed by atoms with van der Waals surface area (Å²) in [6.45, 7) is 1.89. The maximum atomic E-state index is 15.7. The number of alkyl halides is 7. The smallest absolute Gasteiger partial charge is 0.411 e. The average Bonchev–Trinajstić information content (AvgIpc) is 3.40. The zero-order valence-electron chi connectivity index (χ0n) is 29.0. The molecule has 0 spiro atoms. The number of nitrogens with two attached hydrogens (primary N) is 1. The van der Waals surface area contributed by atoms with Crippen molar-refractivity contribution in [2.45, 2.75) is 82.7 Å². The van der Waals surface area contributed by atoms with Crippen LogP contribution in [0.5, 0.6) is 0 Å². The van der Waals surface area contributed by atoms with Gasteiger partial charge in [-0.3, -0.25) is 9.69 Å². The molecule has 6 rings (SSSR count). The number of hydrogen-bond acceptors (Lipinski definition) is 8. The molecular weight excluding hydrogens is 734 g/mol. The molecule has 2 aliphatic carbocycles. The van der Waals surface area contributed by atoms with E-state index in [4.69, 9.17) is 10.5 Å². The second kappa shape index (κ2) is 13.8. The lowest BCUT2D eigenvalue weighted by Gasteiger charge is -2.38. The molecule has 0 bridgehead atoms.